The molecule has 0 spiro atoms. The first kappa shape index (κ1) is 9.15. The Bertz CT molecular complexity index is 462. The second-order valence-electron chi connectivity index (χ2n) is 3.10. The van der Waals surface area contributed by atoms with Gasteiger partial charge in [0.1, 0.15) is 5.82 Å². The molecule has 1 heterocycles. The normalized spacial score (nSPS) is 11.1. The van der Waals surface area contributed by atoms with Crippen LogP contribution in [0.25, 0.3) is 10.9 Å². The van der Waals surface area contributed by atoms with Crippen LogP contribution in [0, 0.1) is 5.82 Å². The molecular weight excluding hydrogens is 181 g/mol. The van der Waals surface area contributed by atoms with E-state index in [1.165, 1.54) is 6.07 Å². The Morgan fingerprint density at radius 2 is 2.29 bits per heavy atom. The molecule has 1 aromatic carbocycles. The van der Waals surface area contributed by atoms with E-state index < -0.39 is 0 Å². The van der Waals surface area contributed by atoms with Crippen LogP contribution in [0.3, 0.4) is 0 Å². The maximum Gasteiger partial charge on any atom is 0.134 e. The van der Waals surface area contributed by atoms with Crippen molar-refractivity contribution >= 4 is 10.9 Å². The van der Waals surface area contributed by atoms with Crippen LogP contribution in [-0.4, -0.2) is 9.78 Å². The van der Waals surface area contributed by atoms with E-state index in [0.29, 0.717) is 24.0 Å². The van der Waals surface area contributed by atoms with Crippen molar-refractivity contribution in [1.82, 2.24) is 9.78 Å². The molecule has 3 nitrogen and oxygen atoms in total. The predicted octanol–water partition coefficient (Wildman–Crippen LogP) is 1.65. The Balaban J connectivity index is 2.81. The third-order valence-electron chi connectivity index (χ3n) is 2.31. The van der Waals surface area contributed by atoms with E-state index in [4.69, 9.17) is 5.73 Å². The summed E-state index contributed by atoms with van der Waals surface area (Å²) in [4.78, 5) is 0. The minimum atomic E-state index is -0.248. The highest BCUT2D eigenvalue weighted by Crippen LogP contribution is 2.21. The molecule has 2 rings (SSSR count). The Morgan fingerprint density at radius 3 is 2.93 bits per heavy atom. The fourth-order valence-corrected chi connectivity index (χ4v) is 1.67. The van der Waals surface area contributed by atoms with Crippen molar-refractivity contribution in [2.45, 2.75) is 20.0 Å². The van der Waals surface area contributed by atoms with E-state index in [1.54, 1.807) is 16.8 Å². The third-order valence-corrected chi connectivity index (χ3v) is 2.31. The van der Waals surface area contributed by atoms with Crippen molar-refractivity contribution in [2.75, 3.05) is 0 Å². The number of nitrogens with zero attached hydrogens (tertiary/aromatic N) is 2. The summed E-state index contributed by atoms with van der Waals surface area (Å²) < 4.78 is 15.2. The number of fused-ring (bicyclic) bond motifs is 1. The van der Waals surface area contributed by atoms with Crippen molar-refractivity contribution in [1.29, 1.82) is 0 Å². The lowest BCUT2D eigenvalue weighted by molar-refractivity contribution is 0.621. The second kappa shape index (κ2) is 3.38. The lowest BCUT2D eigenvalue weighted by Crippen LogP contribution is -2.07. The molecule has 2 aromatic rings. The van der Waals surface area contributed by atoms with Gasteiger partial charge in [-0.15, -0.1) is 0 Å². The van der Waals surface area contributed by atoms with Gasteiger partial charge in [-0.05, 0) is 19.1 Å². The summed E-state index contributed by atoms with van der Waals surface area (Å²) >= 11 is 0. The van der Waals surface area contributed by atoms with Crippen molar-refractivity contribution < 1.29 is 4.39 Å². The summed E-state index contributed by atoms with van der Waals surface area (Å²) in [7, 11) is 0. The monoisotopic (exact) mass is 193 g/mol. The molecule has 0 aliphatic heterocycles. The Morgan fingerprint density at radius 1 is 1.50 bits per heavy atom. The van der Waals surface area contributed by atoms with E-state index in [1.807, 2.05) is 6.92 Å². The van der Waals surface area contributed by atoms with Gasteiger partial charge in [0, 0.05) is 13.1 Å². The van der Waals surface area contributed by atoms with E-state index in [0.717, 1.165) is 5.69 Å². The minimum Gasteiger partial charge on any atom is -0.325 e. The number of aromatic nitrogens is 2. The van der Waals surface area contributed by atoms with Gasteiger partial charge in [0.2, 0.25) is 0 Å². The van der Waals surface area contributed by atoms with Gasteiger partial charge in [0.05, 0.1) is 16.6 Å². The summed E-state index contributed by atoms with van der Waals surface area (Å²) in [6, 6.07) is 4.89. The average molecular weight is 193 g/mol. The van der Waals surface area contributed by atoms with Gasteiger partial charge in [0.15, 0.2) is 0 Å². The number of rotatable bonds is 2. The lowest BCUT2D eigenvalue weighted by Gasteiger charge is -2.00. The Hall–Kier alpha value is -1.42. The van der Waals surface area contributed by atoms with Crippen molar-refractivity contribution in [3.63, 3.8) is 0 Å². The molecular formula is C10H12FN3. The number of nitrogens with two attached hydrogens (primary N) is 1. The summed E-state index contributed by atoms with van der Waals surface area (Å²) in [6.45, 7) is 2.98. The molecule has 0 bridgehead atoms. The SMILES string of the molecule is CCn1nc2cccc(F)c2c1CN. The van der Waals surface area contributed by atoms with E-state index in [9.17, 15) is 4.39 Å². The van der Waals surface area contributed by atoms with Crippen molar-refractivity contribution in [3.8, 4) is 0 Å². The fourth-order valence-electron chi connectivity index (χ4n) is 1.67. The second-order valence-corrected chi connectivity index (χ2v) is 3.10. The average Bonchev–Trinajstić information content (AvgIpc) is 2.56. The quantitative estimate of drug-likeness (QED) is 0.788. The van der Waals surface area contributed by atoms with Gasteiger partial charge in [-0.1, -0.05) is 6.07 Å². The predicted molar refractivity (Wildman–Crippen MR) is 53.3 cm³/mol. The van der Waals surface area contributed by atoms with Crippen molar-refractivity contribution in [3.05, 3.63) is 29.7 Å². The van der Waals surface area contributed by atoms with E-state index in [-0.39, 0.29) is 5.82 Å². The van der Waals surface area contributed by atoms with Crippen molar-refractivity contribution in [2.24, 2.45) is 5.73 Å². The molecule has 2 N–H and O–H groups in total. The van der Waals surface area contributed by atoms with Gasteiger partial charge in [0.25, 0.3) is 0 Å². The van der Waals surface area contributed by atoms with Gasteiger partial charge < -0.3 is 5.73 Å². The smallest absolute Gasteiger partial charge is 0.134 e. The maximum atomic E-state index is 13.5. The molecule has 0 amide bonds. The third kappa shape index (κ3) is 1.19. The summed E-state index contributed by atoms with van der Waals surface area (Å²) in [5.74, 6) is -0.248. The van der Waals surface area contributed by atoms with Crippen LogP contribution in [0.5, 0.6) is 0 Å². The van der Waals surface area contributed by atoms with Crippen LogP contribution in [0.1, 0.15) is 12.6 Å². The van der Waals surface area contributed by atoms with Crippen LogP contribution in [0.2, 0.25) is 0 Å². The Kier molecular flexibility index (Phi) is 2.21. The zero-order valence-corrected chi connectivity index (χ0v) is 8.00. The van der Waals surface area contributed by atoms with Gasteiger partial charge in [-0.2, -0.15) is 5.10 Å². The van der Waals surface area contributed by atoms with Crippen LogP contribution in [-0.2, 0) is 13.1 Å². The highest BCUT2D eigenvalue weighted by atomic mass is 19.1. The molecule has 0 radical (unpaired) electrons. The first-order valence-corrected chi connectivity index (χ1v) is 4.62. The van der Waals surface area contributed by atoms with E-state index in [2.05, 4.69) is 5.10 Å². The van der Waals surface area contributed by atoms with Crippen LogP contribution in [0.15, 0.2) is 18.2 Å². The molecule has 0 aliphatic rings. The molecule has 0 unspecified atom stereocenters. The molecule has 4 heteroatoms. The van der Waals surface area contributed by atoms with E-state index >= 15 is 0 Å². The van der Waals surface area contributed by atoms with Crippen LogP contribution in [0.4, 0.5) is 4.39 Å². The molecule has 0 aliphatic carbocycles. The largest absolute Gasteiger partial charge is 0.325 e. The van der Waals surface area contributed by atoms with Crippen LogP contribution >= 0.6 is 0 Å². The highest BCUT2D eigenvalue weighted by Gasteiger charge is 2.11. The number of halogens is 1. The number of hydrogen-bond acceptors (Lipinski definition) is 2. The fraction of sp³-hybridized carbons (Fsp3) is 0.300. The first-order chi connectivity index (χ1) is 6.77. The number of hydrogen-bond donors (Lipinski definition) is 1. The molecule has 0 fully saturated rings. The summed E-state index contributed by atoms with van der Waals surface area (Å²) in [5.41, 5.74) is 7.02. The molecule has 14 heavy (non-hydrogen) atoms. The molecule has 0 saturated heterocycles. The maximum absolute atomic E-state index is 13.5. The van der Waals surface area contributed by atoms with Crippen LogP contribution < -0.4 is 5.73 Å². The lowest BCUT2D eigenvalue weighted by atomic mass is 10.2. The molecule has 0 atom stereocenters. The minimum absolute atomic E-state index is 0.248. The number of aryl methyl sites for hydroxylation is 1. The van der Waals surface area contributed by atoms with Gasteiger partial charge in [-0.25, -0.2) is 4.39 Å². The van der Waals surface area contributed by atoms with Gasteiger partial charge in [-0.3, -0.25) is 4.68 Å². The topological polar surface area (TPSA) is 43.8 Å². The summed E-state index contributed by atoms with van der Waals surface area (Å²) in [5, 5.41) is 4.81. The summed E-state index contributed by atoms with van der Waals surface area (Å²) in [6.07, 6.45) is 0. The zero-order chi connectivity index (χ0) is 10.1. The standard InChI is InChI=1S/C10H12FN3/c1-2-14-9(6-12)10-7(11)4-3-5-8(10)13-14/h3-5H,2,6,12H2,1H3. The molecule has 0 saturated carbocycles. The number of benzene rings is 1. The first-order valence-electron chi connectivity index (χ1n) is 4.62. The molecule has 1 aromatic heterocycles. The Labute approximate surface area is 81.3 Å². The zero-order valence-electron chi connectivity index (χ0n) is 8.00. The molecule has 74 valence electrons. The van der Waals surface area contributed by atoms with Gasteiger partial charge >= 0.3 is 0 Å². The highest BCUT2D eigenvalue weighted by molar-refractivity contribution is 5.82.